The standard InChI is InChI=1S/C8H10N4O3S/c1-12(16(13,14)11-10-9)7-3-5-8(15-2)6-4-7/h3-6H,1-2H3. The molecule has 0 radical (unpaired) electrons. The largest absolute Gasteiger partial charge is 0.497 e. The first-order chi connectivity index (χ1) is 7.51. The molecule has 0 unspecified atom stereocenters. The summed E-state index contributed by atoms with van der Waals surface area (Å²) in [5, 5.41) is 0. The minimum atomic E-state index is -3.98. The van der Waals surface area contributed by atoms with Crippen molar-refractivity contribution in [2.45, 2.75) is 0 Å². The summed E-state index contributed by atoms with van der Waals surface area (Å²) in [5.74, 6) is 0.610. The van der Waals surface area contributed by atoms with E-state index < -0.39 is 10.2 Å². The first kappa shape index (κ1) is 12.2. The van der Waals surface area contributed by atoms with Crippen LogP contribution in [0.25, 0.3) is 10.4 Å². The maximum atomic E-state index is 11.4. The highest BCUT2D eigenvalue weighted by Gasteiger charge is 2.15. The lowest BCUT2D eigenvalue weighted by atomic mass is 10.3. The Morgan fingerprint density at radius 1 is 1.38 bits per heavy atom. The van der Waals surface area contributed by atoms with Crippen molar-refractivity contribution < 1.29 is 13.2 Å². The summed E-state index contributed by atoms with van der Waals surface area (Å²) in [7, 11) is -1.18. The molecular weight excluding hydrogens is 232 g/mol. The van der Waals surface area contributed by atoms with E-state index in [0.717, 1.165) is 4.31 Å². The van der Waals surface area contributed by atoms with Crippen molar-refractivity contribution in [2.75, 3.05) is 18.5 Å². The third-order valence-electron chi connectivity index (χ3n) is 1.92. The van der Waals surface area contributed by atoms with Gasteiger partial charge in [0.1, 0.15) is 5.75 Å². The van der Waals surface area contributed by atoms with E-state index in [9.17, 15) is 8.42 Å². The summed E-state index contributed by atoms with van der Waals surface area (Å²) in [6.07, 6.45) is 0. The van der Waals surface area contributed by atoms with Gasteiger partial charge in [-0.25, -0.2) is 0 Å². The highest BCUT2D eigenvalue weighted by Crippen LogP contribution is 2.20. The van der Waals surface area contributed by atoms with Crippen LogP contribution in [0.1, 0.15) is 0 Å². The lowest BCUT2D eigenvalue weighted by molar-refractivity contribution is 0.415. The van der Waals surface area contributed by atoms with Crippen LogP contribution in [0.15, 0.2) is 28.8 Å². The number of azide groups is 1. The molecule has 1 aromatic carbocycles. The highest BCUT2D eigenvalue weighted by molar-refractivity contribution is 7.91. The zero-order valence-corrected chi connectivity index (χ0v) is 9.55. The summed E-state index contributed by atoms with van der Waals surface area (Å²) in [4.78, 5) is 2.26. The number of hydrogen-bond acceptors (Lipinski definition) is 3. The summed E-state index contributed by atoms with van der Waals surface area (Å²) < 4.78 is 31.3. The summed E-state index contributed by atoms with van der Waals surface area (Å²) in [6.45, 7) is 0. The second-order valence-electron chi connectivity index (χ2n) is 2.81. The molecule has 0 N–H and O–H groups in total. The third kappa shape index (κ3) is 2.56. The number of benzene rings is 1. The van der Waals surface area contributed by atoms with Gasteiger partial charge in [-0.1, -0.05) is 0 Å². The molecule has 0 fully saturated rings. The number of nitrogens with zero attached hydrogens (tertiary/aromatic N) is 4. The smallest absolute Gasteiger partial charge is 0.324 e. The Balaban J connectivity index is 3.05. The predicted molar refractivity (Wildman–Crippen MR) is 59.5 cm³/mol. The molecule has 86 valence electrons. The molecule has 0 aromatic heterocycles. The fourth-order valence-corrected chi connectivity index (χ4v) is 1.62. The first-order valence-corrected chi connectivity index (χ1v) is 5.60. The predicted octanol–water partition coefficient (Wildman–Crippen LogP) is 1.69. The minimum absolute atomic E-state index is 0.383. The third-order valence-corrected chi connectivity index (χ3v) is 3.10. The number of hydrogen-bond donors (Lipinski definition) is 0. The lowest BCUT2D eigenvalue weighted by Crippen LogP contribution is -2.23. The highest BCUT2D eigenvalue weighted by atomic mass is 32.2. The van der Waals surface area contributed by atoms with Crippen LogP contribution in [-0.2, 0) is 10.2 Å². The van der Waals surface area contributed by atoms with Crippen molar-refractivity contribution in [2.24, 2.45) is 4.52 Å². The molecule has 0 aliphatic rings. The Bertz CT molecular complexity index is 505. The molecular formula is C8H10N4O3S. The molecule has 16 heavy (non-hydrogen) atoms. The zero-order valence-electron chi connectivity index (χ0n) is 8.73. The molecule has 0 saturated heterocycles. The van der Waals surface area contributed by atoms with Crippen LogP contribution in [0.4, 0.5) is 5.69 Å². The van der Waals surface area contributed by atoms with Crippen LogP contribution in [-0.4, -0.2) is 22.6 Å². The van der Waals surface area contributed by atoms with Gasteiger partial charge in [-0.3, -0.25) is 4.31 Å². The van der Waals surface area contributed by atoms with Gasteiger partial charge in [-0.15, -0.1) is 0 Å². The molecule has 0 aliphatic carbocycles. The van der Waals surface area contributed by atoms with Gasteiger partial charge in [0.05, 0.1) is 17.3 Å². The van der Waals surface area contributed by atoms with E-state index in [1.807, 2.05) is 0 Å². The van der Waals surface area contributed by atoms with Gasteiger partial charge in [0, 0.05) is 12.0 Å². The van der Waals surface area contributed by atoms with E-state index >= 15 is 0 Å². The fraction of sp³-hybridized carbons (Fsp3) is 0.250. The van der Waals surface area contributed by atoms with Crippen LogP contribution in [0.2, 0.25) is 0 Å². The van der Waals surface area contributed by atoms with Crippen molar-refractivity contribution in [1.29, 1.82) is 0 Å². The van der Waals surface area contributed by atoms with Crippen LogP contribution >= 0.6 is 0 Å². The molecule has 7 nitrogen and oxygen atoms in total. The van der Waals surface area contributed by atoms with Gasteiger partial charge in [0.25, 0.3) is 0 Å². The molecule has 1 aromatic rings. The Hall–Kier alpha value is -1.92. The lowest BCUT2D eigenvalue weighted by Gasteiger charge is -2.15. The zero-order chi connectivity index (χ0) is 12.2. The normalized spacial score (nSPS) is 10.4. The number of anilines is 1. The topological polar surface area (TPSA) is 95.4 Å². The molecule has 8 heteroatoms. The second kappa shape index (κ2) is 4.73. The molecule has 0 saturated carbocycles. The van der Waals surface area contributed by atoms with Crippen molar-refractivity contribution in [1.82, 2.24) is 0 Å². The Morgan fingerprint density at radius 3 is 2.38 bits per heavy atom. The van der Waals surface area contributed by atoms with E-state index in [-0.39, 0.29) is 0 Å². The summed E-state index contributed by atoms with van der Waals surface area (Å²) >= 11 is 0. The molecule has 0 spiro atoms. The summed E-state index contributed by atoms with van der Waals surface area (Å²) in [6, 6.07) is 6.31. The van der Waals surface area contributed by atoms with Crippen LogP contribution in [0.5, 0.6) is 5.75 Å². The van der Waals surface area contributed by atoms with Gasteiger partial charge in [-0.05, 0) is 29.8 Å². The Labute approximate surface area is 93.1 Å². The monoisotopic (exact) mass is 242 g/mol. The summed E-state index contributed by atoms with van der Waals surface area (Å²) in [5.41, 5.74) is 8.49. The maximum absolute atomic E-state index is 11.4. The minimum Gasteiger partial charge on any atom is -0.497 e. The van der Waals surface area contributed by atoms with Gasteiger partial charge in [0.2, 0.25) is 0 Å². The van der Waals surface area contributed by atoms with E-state index in [0.29, 0.717) is 11.4 Å². The van der Waals surface area contributed by atoms with Crippen molar-refractivity contribution >= 4 is 15.9 Å². The van der Waals surface area contributed by atoms with Crippen molar-refractivity contribution in [3.8, 4) is 5.75 Å². The van der Waals surface area contributed by atoms with Gasteiger partial charge >= 0.3 is 10.2 Å². The van der Waals surface area contributed by atoms with Crippen molar-refractivity contribution in [3.63, 3.8) is 0 Å². The number of rotatable bonds is 4. The maximum Gasteiger partial charge on any atom is 0.324 e. The van der Waals surface area contributed by atoms with Gasteiger partial charge in [-0.2, -0.15) is 8.42 Å². The molecule has 0 atom stereocenters. The van der Waals surface area contributed by atoms with Crippen LogP contribution in [0.3, 0.4) is 0 Å². The quantitative estimate of drug-likeness (QED) is 0.456. The van der Waals surface area contributed by atoms with Gasteiger partial charge < -0.3 is 4.74 Å². The molecule has 0 amide bonds. The Morgan fingerprint density at radius 2 is 1.94 bits per heavy atom. The van der Waals surface area contributed by atoms with E-state index in [1.165, 1.54) is 14.2 Å². The fourth-order valence-electron chi connectivity index (χ4n) is 1.03. The van der Waals surface area contributed by atoms with E-state index in [1.54, 1.807) is 24.3 Å². The van der Waals surface area contributed by atoms with Crippen LogP contribution in [0, 0.1) is 0 Å². The number of methoxy groups -OCH3 is 1. The SMILES string of the molecule is COc1ccc(N(C)S(=O)(=O)N=[N+]=[N-])cc1. The van der Waals surface area contributed by atoms with Crippen molar-refractivity contribution in [3.05, 3.63) is 34.7 Å². The first-order valence-electron chi connectivity index (χ1n) is 4.20. The average Bonchev–Trinajstić information content (AvgIpc) is 2.28. The molecule has 0 heterocycles. The van der Waals surface area contributed by atoms with Gasteiger partial charge in [0.15, 0.2) is 0 Å². The Kier molecular flexibility index (Phi) is 3.60. The molecule has 1 rings (SSSR count). The van der Waals surface area contributed by atoms with E-state index in [4.69, 9.17) is 10.3 Å². The number of ether oxygens (including phenoxy) is 1. The van der Waals surface area contributed by atoms with E-state index in [2.05, 4.69) is 9.43 Å². The molecule has 0 aliphatic heterocycles. The molecule has 0 bridgehead atoms. The average molecular weight is 242 g/mol. The van der Waals surface area contributed by atoms with Crippen LogP contribution < -0.4 is 9.04 Å². The second-order valence-corrected chi connectivity index (χ2v) is 4.42.